The van der Waals surface area contributed by atoms with E-state index in [4.69, 9.17) is 5.73 Å². The summed E-state index contributed by atoms with van der Waals surface area (Å²) in [5.41, 5.74) is 9.45. The Morgan fingerprint density at radius 2 is 1.63 bits per heavy atom. The van der Waals surface area contributed by atoms with Gasteiger partial charge in [0.1, 0.15) is 12.0 Å². The highest BCUT2D eigenvalue weighted by Gasteiger charge is 2.27. The van der Waals surface area contributed by atoms with Crippen LogP contribution in [0.1, 0.15) is 23.2 Å². The predicted octanol–water partition coefficient (Wildman–Crippen LogP) is 4.11. The average Bonchev–Trinajstić information content (AvgIpc) is 3.25. The molecule has 2 aromatic carbocycles. The first-order valence-electron chi connectivity index (χ1n) is 9.12. The summed E-state index contributed by atoms with van der Waals surface area (Å²) in [6.45, 7) is 1.52. The first-order chi connectivity index (χ1) is 13.2. The fourth-order valence-electron chi connectivity index (χ4n) is 3.42. The second kappa shape index (κ2) is 7.50. The van der Waals surface area contributed by atoms with Gasteiger partial charge in [-0.2, -0.15) is 0 Å². The first kappa shape index (κ1) is 17.1. The highest BCUT2D eigenvalue weighted by atomic mass is 16.2. The van der Waals surface area contributed by atoms with Gasteiger partial charge >= 0.3 is 0 Å². The number of carbonyl (C=O) groups excluding carboxylic acids is 1. The molecule has 3 aromatic rings. The number of aromatic nitrogens is 1. The number of amides is 1. The van der Waals surface area contributed by atoms with Gasteiger partial charge in [0.25, 0.3) is 5.91 Å². The number of para-hydroxylation sites is 1. The molecule has 0 atom stereocenters. The second-order valence-electron chi connectivity index (χ2n) is 6.59. The van der Waals surface area contributed by atoms with Gasteiger partial charge in [-0.15, -0.1) is 0 Å². The van der Waals surface area contributed by atoms with Gasteiger partial charge in [-0.05, 0) is 30.5 Å². The molecule has 0 bridgehead atoms. The van der Waals surface area contributed by atoms with Crippen LogP contribution < -0.4 is 11.1 Å². The summed E-state index contributed by atoms with van der Waals surface area (Å²) >= 11 is 0. The number of rotatable bonds is 4. The van der Waals surface area contributed by atoms with Crippen LogP contribution in [0.2, 0.25) is 0 Å². The largest absolute Gasteiger partial charge is 0.396 e. The van der Waals surface area contributed by atoms with Gasteiger partial charge in [0.15, 0.2) is 0 Å². The predicted molar refractivity (Wildman–Crippen MR) is 108 cm³/mol. The molecular weight excluding hydrogens is 336 g/mol. The average molecular weight is 357 g/mol. The number of likely N-dealkylation sites (tertiary alicyclic amines) is 1. The summed E-state index contributed by atoms with van der Waals surface area (Å²) in [7, 11) is 0. The van der Waals surface area contributed by atoms with Crippen LogP contribution in [0.4, 0.5) is 17.2 Å². The fraction of sp³-hybridized carbons (Fsp3) is 0.182. The Morgan fingerprint density at radius 3 is 2.30 bits per heavy atom. The number of nitrogen functional groups attached to an aromatic ring is 1. The van der Waals surface area contributed by atoms with Gasteiger partial charge in [-0.1, -0.05) is 48.5 Å². The minimum absolute atomic E-state index is 0.0568. The van der Waals surface area contributed by atoms with E-state index in [2.05, 4.69) is 16.5 Å². The van der Waals surface area contributed by atoms with Crippen molar-refractivity contribution >= 4 is 23.1 Å². The second-order valence-corrected chi connectivity index (χ2v) is 6.59. The monoisotopic (exact) mass is 357 g/mol. The minimum Gasteiger partial charge on any atom is -0.396 e. The number of anilines is 3. The molecule has 5 heteroatoms. The van der Waals surface area contributed by atoms with Crippen molar-refractivity contribution in [2.24, 2.45) is 0 Å². The van der Waals surface area contributed by atoms with Crippen molar-refractivity contribution in [1.29, 1.82) is 0 Å². The smallest absolute Gasteiger partial charge is 0.256 e. The van der Waals surface area contributed by atoms with E-state index in [-0.39, 0.29) is 11.6 Å². The van der Waals surface area contributed by atoms with Crippen molar-refractivity contribution in [3.05, 3.63) is 72.4 Å². The van der Waals surface area contributed by atoms with Crippen LogP contribution in [-0.2, 0) is 0 Å². The van der Waals surface area contributed by atoms with Gasteiger partial charge in [0.05, 0.1) is 11.3 Å². The summed E-state index contributed by atoms with van der Waals surface area (Å²) in [6, 6.07) is 19.5. The van der Waals surface area contributed by atoms with Gasteiger partial charge in [-0.25, -0.2) is 4.98 Å². The number of nitrogens with one attached hydrogen (secondary N) is 1. The number of nitrogens with zero attached hydrogens (tertiary/aromatic N) is 2. The van der Waals surface area contributed by atoms with E-state index < -0.39 is 0 Å². The fourth-order valence-corrected chi connectivity index (χ4v) is 3.42. The van der Waals surface area contributed by atoms with Gasteiger partial charge in [0, 0.05) is 24.3 Å². The van der Waals surface area contributed by atoms with Crippen LogP contribution in [0.3, 0.4) is 0 Å². The Bertz CT molecular complexity index is 935. The van der Waals surface area contributed by atoms with Crippen LogP contribution in [-0.4, -0.2) is 28.9 Å². The van der Waals surface area contributed by atoms with Crippen molar-refractivity contribution in [1.82, 2.24) is 9.88 Å². The molecule has 0 spiro atoms. The third-order valence-electron chi connectivity index (χ3n) is 4.75. The van der Waals surface area contributed by atoms with Gasteiger partial charge < -0.3 is 16.0 Å². The molecule has 3 N–H and O–H groups in total. The van der Waals surface area contributed by atoms with Gasteiger partial charge in [0.2, 0.25) is 0 Å². The van der Waals surface area contributed by atoms with Crippen LogP contribution in [0.25, 0.3) is 11.1 Å². The van der Waals surface area contributed by atoms with Crippen LogP contribution in [0, 0.1) is 6.20 Å². The number of nitrogens with two attached hydrogens (primary N) is 1. The molecule has 1 fully saturated rings. The summed E-state index contributed by atoms with van der Waals surface area (Å²) < 4.78 is 0. The number of pyridine rings is 1. The minimum atomic E-state index is -0.0568. The number of hydrogen-bond acceptors (Lipinski definition) is 4. The molecule has 2 heterocycles. The van der Waals surface area contributed by atoms with Crippen molar-refractivity contribution in [2.45, 2.75) is 12.8 Å². The third-order valence-corrected chi connectivity index (χ3v) is 4.75. The molecule has 1 radical (unpaired) electrons. The maximum Gasteiger partial charge on any atom is 0.256 e. The lowest BCUT2D eigenvalue weighted by Crippen LogP contribution is -2.29. The molecule has 135 valence electrons. The van der Waals surface area contributed by atoms with Gasteiger partial charge in [-0.3, -0.25) is 4.79 Å². The topological polar surface area (TPSA) is 71.2 Å². The van der Waals surface area contributed by atoms with Crippen molar-refractivity contribution in [3.8, 4) is 11.1 Å². The molecule has 1 amide bonds. The molecule has 1 aliphatic rings. The van der Waals surface area contributed by atoms with E-state index in [9.17, 15) is 4.79 Å². The van der Waals surface area contributed by atoms with E-state index >= 15 is 0 Å². The molecular formula is C22H21N4O. The molecule has 0 unspecified atom stereocenters. The van der Waals surface area contributed by atoms with E-state index in [1.807, 2.05) is 65.6 Å². The highest BCUT2D eigenvalue weighted by molar-refractivity contribution is 6.08. The number of carbonyl (C=O) groups is 1. The molecule has 27 heavy (non-hydrogen) atoms. The third kappa shape index (κ3) is 3.49. The maximum atomic E-state index is 13.2. The molecule has 1 aliphatic heterocycles. The molecule has 4 rings (SSSR count). The SMILES string of the molecule is Nc1[c]nc(Nc2ccccc2)c(-c2ccccc2)c1C(=O)N1CCCC1. The first-order valence-corrected chi connectivity index (χ1v) is 9.12. The van der Waals surface area contributed by atoms with Crippen molar-refractivity contribution in [2.75, 3.05) is 24.1 Å². The molecule has 0 aliphatic carbocycles. The van der Waals surface area contributed by atoms with E-state index in [0.717, 1.165) is 37.2 Å². The van der Waals surface area contributed by atoms with E-state index in [1.54, 1.807) is 0 Å². The summed E-state index contributed by atoms with van der Waals surface area (Å²) in [4.78, 5) is 19.5. The lowest BCUT2D eigenvalue weighted by atomic mass is 9.98. The summed E-state index contributed by atoms with van der Waals surface area (Å²) in [5, 5.41) is 3.32. The normalized spacial score (nSPS) is 13.6. The highest BCUT2D eigenvalue weighted by Crippen LogP contribution is 2.36. The van der Waals surface area contributed by atoms with Crippen molar-refractivity contribution in [3.63, 3.8) is 0 Å². The zero-order valence-corrected chi connectivity index (χ0v) is 15.0. The Hall–Kier alpha value is -3.34. The molecule has 1 saturated heterocycles. The summed E-state index contributed by atoms with van der Waals surface area (Å²) in [5.74, 6) is 0.516. The van der Waals surface area contributed by atoms with E-state index in [0.29, 0.717) is 16.9 Å². The molecule has 5 nitrogen and oxygen atoms in total. The van der Waals surface area contributed by atoms with E-state index in [1.165, 1.54) is 0 Å². The molecule has 0 saturated carbocycles. The number of hydrogen-bond donors (Lipinski definition) is 2. The Kier molecular flexibility index (Phi) is 4.75. The lowest BCUT2D eigenvalue weighted by Gasteiger charge is -2.21. The molecule has 1 aromatic heterocycles. The summed E-state index contributed by atoms with van der Waals surface area (Å²) in [6.07, 6.45) is 4.87. The number of benzene rings is 2. The van der Waals surface area contributed by atoms with Crippen LogP contribution >= 0.6 is 0 Å². The quantitative estimate of drug-likeness (QED) is 0.737. The zero-order valence-electron chi connectivity index (χ0n) is 15.0. The lowest BCUT2D eigenvalue weighted by molar-refractivity contribution is 0.0794. The maximum absolute atomic E-state index is 13.2. The van der Waals surface area contributed by atoms with Crippen LogP contribution in [0.15, 0.2) is 60.7 Å². The Labute approximate surface area is 158 Å². The Morgan fingerprint density at radius 1 is 1.00 bits per heavy atom. The zero-order chi connectivity index (χ0) is 18.6. The van der Waals surface area contributed by atoms with Crippen molar-refractivity contribution < 1.29 is 4.79 Å². The van der Waals surface area contributed by atoms with Crippen LogP contribution in [0.5, 0.6) is 0 Å². The Balaban J connectivity index is 1.86. The standard InChI is InChI=1S/C22H21N4O/c23-18-15-24-21(25-17-11-5-2-6-12-17)19(16-9-3-1-4-10-16)20(18)22(27)26-13-7-8-14-26/h1-6,9-12H,7-8,13-14,23H2,(H,24,25).